The van der Waals surface area contributed by atoms with Gasteiger partial charge in [-0.05, 0) is 24.9 Å². The van der Waals surface area contributed by atoms with Crippen LogP contribution in [0.15, 0.2) is 5.11 Å². The largest absolute Gasteiger partial charge is 0.379 e. The maximum atomic E-state index is 11.5. The lowest BCUT2D eigenvalue weighted by atomic mass is 10.3. The number of rotatable bonds is 14. The molecular weight excluding hydrogens is 314 g/mol. The Morgan fingerprint density at radius 1 is 1.18 bits per heavy atom. The highest BCUT2D eigenvalue weighted by Gasteiger charge is 2.13. The summed E-state index contributed by atoms with van der Waals surface area (Å²) in [4.78, 5) is 14.0. The van der Waals surface area contributed by atoms with Gasteiger partial charge in [0, 0.05) is 11.5 Å². The van der Waals surface area contributed by atoms with Crippen molar-refractivity contribution in [3.05, 3.63) is 10.4 Å². The molecule has 0 aliphatic heterocycles. The van der Waals surface area contributed by atoms with Gasteiger partial charge in [-0.15, -0.1) is 0 Å². The van der Waals surface area contributed by atoms with Gasteiger partial charge in [0.1, 0.15) is 0 Å². The predicted molar refractivity (Wildman–Crippen MR) is 80.5 cm³/mol. The number of sulfonamides is 1. The van der Waals surface area contributed by atoms with E-state index in [2.05, 4.69) is 10.0 Å². The van der Waals surface area contributed by atoms with Gasteiger partial charge in [0.2, 0.25) is 15.9 Å². The Hall–Kier alpha value is -1.39. The smallest absolute Gasteiger partial charge is 0.235 e. The Labute approximate surface area is 130 Å². The maximum absolute atomic E-state index is 11.5. The van der Waals surface area contributed by atoms with Crippen LogP contribution in [-0.2, 0) is 24.3 Å². The van der Waals surface area contributed by atoms with Crippen LogP contribution < -0.4 is 10.5 Å². The van der Waals surface area contributed by atoms with Crippen LogP contribution in [0.3, 0.4) is 0 Å². The average molecular weight is 337 g/mol. The highest BCUT2D eigenvalue weighted by Crippen LogP contribution is 1.94. The predicted octanol–water partition coefficient (Wildman–Crippen LogP) is -0.0951. The first-order valence-corrected chi connectivity index (χ1v) is 8.57. The molecule has 0 aliphatic rings. The lowest BCUT2D eigenvalue weighted by Gasteiger charge is -2.07. The fraction of sp³-hybridized carbons (Fsp3) is 0.909. The molecular formula is C11H23N5O5S. The van der Waals surface area contributed by atoms with Crippen LogP contribution in [-0.4, -0.2) is 59.6 Å². The molecule has 11 heteroatoms. The minimum Gasteiger partial charge on any atom is -0.379 e. The fourth-order valence-electron chi connectivity index (χ4n) is 1.35. The Morgan fingerprint density at radius 2 is 1.86 bits per heavy atom. The van der Waals surface area contributed by atoms with Crippen molar-refractivity contribution in [3.63, 3.8) is 0 Å². The Bertz CT molecular complexity index is 450. The summed E-state index contributed by atoms with van der Waals surface area (Å²) in [7, 11) is -3.59. The number of nitrogens with two attached hydrogens (primary N) is 1. The van der Waals surface area contributed by atoms with E-state index >= 15 is 0 Å². The van der Waals surface area contributed by atoms with Gasteiger partial charge in [0.15, 0.2) is 0 Å². The van der Waals surface area contributed by atoms with Crippen LogP contribution in [0.1, 0.15) is 19.3 Å². The van der Waals surface area contributed by atoms with Crippen molar-refractivity contribution in [2.45, 2.75) is 19.3 Å². The summed E-state index contributed by atoms with van der Waals surface area (Å²) in [6.45, 7) is 1.65. The number of nitrogens with one attached hydrogen (secondary N) is 1. The minimum atomic E-state index is -3.59. The van der Waals surface area contributed by atoms with E-state index in [1.54, 1.807) is 0 Å². The number of azide groups is 1. The molecule has 0 unspecified atom stereocenters. The van der Waals surface area contributed by atoms with Gasteiger partial charge in [-0.3, -0.25) is 9.52 Å². The van der Waals surface area contributed by atoms with E-state index in [0.29, 0.717) is 32.6 Å². The number of ether oxygens (including phenoxy) is 2. The number of hydrogen-bond acceptors (Lipinski definition) is 7. The second-order valence-electron chi connectivity index (χ2n) is 4.27. The van der Waals surface area contributed by atoms with E-state index in [-0.39, 0.29) is 31.9 Å². The molecule has 0 saturated carbocycles. The summed E-state index contributed by atoms with van der Waals surface area (Å²) in [5.41, 5.74) is 13.3. The highest BCUT2D eigenvalue weighted by molar-refractivity contribution is 7.90. The van der Waals surface area contributed by atoms with Crippen molar-refractivity contribution in [2.24, 2.45) is 10.8 Å². The molecule has 0 bridgehead atoms. The molecule has 3 N–H and O–H groups in total. The monoisotopic (exact) mass is 337 g/mol. The third-order valence-corrected chi connectivity index (χ3v) is 3.75. The van der Waals surface area contributed by atoms with Crippen molar-refractivity contribution >= 4 is 15.9 Å². The molecule has 0 radical (unpaired) electrons. The Morgan fingerprint density at radius 3 is 2.50 bits per heavy atom. The molecule has 0 saturated heterocycles. The van der Waals surface area contributed by atoms with Crippen LogP contribution in [0, 0.1) is 0 Å². The number of carbonyl (C=O) groups is 1. The third kappa shape index (κ3) is 13.6. The molecule has 0 spiro atoms. The molecule has 0 aromatic carbocycles. The standard InChI is InChI=1S/C11H23N5O5S/c12-4-1-2-10-22(18,19)15-11(17)3-6-20-8-9-21-7-5-14-16-13/h1-10,12H2,(H,15,17). The van der Waals surface area contributed by atoms with E-state index in [1.165, 1.54) is 0 Å². The first-order chi connectivity index (χ1) is 10.5. The van der Waals surface area contributed by atoms with Gasteiger partial charge in [0.05, 0.1) is 38.6 Å². The molecule has 0 rings (SSSR count). The van der Waals surface area contributed by atoms with Crippen molar-refractivity contribution in [1.82, 2.24) is 4.72 Å². The number of amides is 1. The van der Waals surface area contributed by atoms with Crippen molar-refractivity contribution < 1.29 is 22.7 Å². The summed E-state index contributed by atoms with van der Waals surface area (Å²) in [5, 5.41) is 3.29. The summed E-state index contributed by atoms with van der Waals surface area (Å²) in [6, 6.07) is 0. The molecule has 128 valence electrons. The second-order valence-corrected chi connectivity index (χ2v) is 6.11. The zero-order chi connectivity index (χ0) is 16.7. The molecule has 0 aromatic heterocycles. The van der Waals surface area contributed by atoms with Crippen LogP contribution in [0.4, 0.5) is 0 Å². The molecule has 0 heterocycles. The average Bonchev–Trinajstić information content (AvgIpc) is 2.45. The van der Waals surface area contributed by atoms with Gasteiger partial charge >= 0.3 is 0 Å². The molecule has 22 heavy (non-hydrogen) atoms. The molecule has 10 nitrogen and oxygen atoms in total. The van der Waals surface area contributed by atoms with Crippen molar-refractivity contribution in [2.75, 3.05) is 45.3 Å². The molecule has 0 fully saturated rings. The maximum Gasteiger partial charge on any atom is 0.235 e. The Kier molecular flexibility index (Phi) is 12.4. The molecule has 0 atom stereocenters. The van der Waals surface area contributed by atoms with Gasteiger partial charge in [-0.2, -0.15) is 0 Å². The van der Waals surface area contributed by atoms with Gasteiger partial charge < -0.3 is 15.2 Å². The van der Waals surface area contributed by atoms with E-state index in [9.17, 15) is 13.2 Å². The minimum absolute atomic E-state index is 0.0468. The topological polar surface area (TPSA) is 156 Å². The molecule has 1 amide bonds. The first kappa shape index (κ1) is 20.6. The zero-order valence-corrected chi connectivity index (χ0v) is 13.3. The highest BCUT2D eigenvalue weighted by atomic mass is 32.2. The van der Waals surface area contributed by atoms with Crippen LogP contribution in [0.2, 0.25) is 0 Å². The van der Waals surface area contributed by atoms with Crippen molar-refractivity contribution in [3.8, 4) is 0 Å². The quantitative estimate of drug-likeness (QED) is 0.195. The summed E-state index contributed by atoms with van der Waals surface area (Å²) in [6.07, 6.45) is 0.968. The van der Waals surface area contributed by atoms with Gasteiger partial charge in [-0.1, -0.05) is 5.11 Å². The Balaban J connectivity index is 3.58. The van der Waals surface area contributed by atoms with Gasteiger partial charge in [-0.25, -0.2) is 8.42 Å². The van der Waals surface area contributed by atoms with E-state index in [0.717, 1.165) is 0 Å². The van der Waals surface area contributed by atoms with Crippen LogP contribution in [0.5, 0.6) is 0 Å². The van der Waals surface area contributed by atoms with Crippen molar-refractivity contribution in [1.29, 1.82) is 0 Å². The molecule has 0 aromatic rings. The number of unbranched alkanes of at least 4 members (excludes halogenated alkanes) is 1. The lowest BCUT2D eigenvalue weighted by Crippen LogP contribution is -2.33. The number of nitrogens with zero attached hydrogens (tertiary/aromatic N) is 3. The third-order valence-electron chi connectivity index (χ3n) is 2.38. The van der Waals surface area contributed by atoms with Gasteiger partial charge in [0.25, 0.3) is 0 Å². The number of carbonyl (C=O) groups excluding carboxylic acids is 1. The second kappa shape index (κ2) is 13.3. The van der Waals surface area contributed by atoms with Crippen LogP contribution in [0.25, 0.3) is 10.4 Å². The summed E-state index contributed by atoms with van der Waals surface area (Å²) < 4.78 is 35.2. The molecule has 0 aliphatic carbocycles. The lowest BCUT2D eigenvalue weighted by molar-refractivity contribution is -0.120. The summed E-state index contributed by atoms with van der Waals surface area (Å²) in [5.74, 6) is -0.715. The normalized spacial score (nSPS) is 11.0. The van der Waals surface area contributed by atoms with Crippen LogP contribution >= 0.6 is 0 Å². The van der Waals surface area contributed by atoms with E-state index in [4.69, 9.17) is 20.7 Å². The SMILES string of the molecule is [N-]=[N+]=NCCOCCOCCC(=O)NS(=O)(=O)CCCCN. The number of hydrogen-bond donors (Lipinski definition) is 2. The van der Waals surface area contributed by atoms with E-state index < -0.39 is 15.9 Å². The summed E-state index contributed by atoms with van der Waals surface area (Å²) >= 11 is 0. The zero-order valence-electron chi connectivity index (χ0n) is 12.4. The van der Waals surface area contributed by atoms with E-state index in [1.807, 2.05) is 4.72 Å². The fourth-order valence-corrected chi connectivity index (χ4v) is 2.48. The first-order valence-electron chi connectivity index (χ1n) is 6.91.